The Morgan fingerprint density at radius 1 is 1.31 bits per heavy atom. The summed E-state index contributed by atoms with van der Waals surface area (Å²) >= 11 is 0. The van der Waals surface area contributed by atoms with Crippen molar-refractivity contribution in [3.63, 3.8) is 0 Å². The number of rotatable bonds is 8. The van der Waals surface area contributed by atoms with E-state index < -0.39 is 6.04 Å². The van der Waals surface area contributed by atoms with E-state index in [1.54, 1.807) is 12.1 Å². The van der Waals surface area contributed by atoms with Crippen molar-refractivity contribution in [2.45, 2.75) is 32.4 Å². The number of hydrogen-bond donors (Lipinski definition) is 1. The van der Waals surface area contributed by atoms with Gasteiger partial charge in [0.1, 0.15) is 17.6 Å². The summed E-state index contributed by atoms with van der Waals surface area (Å²) in [5, 5.41) is 8.33. The molecule has 0 aliphatic heterocycles. The quantitative estimate of drug-likeness (QED) is 0.427. The molecule has 1 heterocycles. The molecule has 152 valence electrons. The first kappa shape index (κ1) is 20.7. The molecule has 5 nitrogen and oxygen atoms in total. The van der Waals surface area contributed by atoms with Gasteiger partial charge in [0.05, 0.1) is 7.11 Å². The fourth-order valence-electron chi connectivity index (χ4n) is 3.45. The highest BCUT2D eigenvalue weighted by Gasteiger charge is 2.28. The van der Waals surface area contributed by atoms with Crippen LogP contribution in [0.2, 0.25) is 0 Å². The highest BCUT2D eigenvalue weighted by molar-refractivity contribution is 5.92. The van der Waals surface area contributed by atoms with Gasteiger partial charge in [0.25, 0.3) is 0 Å². The van der Waals surface area contributed by atoms with Gasteiger partial charge in [-0.15, -0.1) is 6.58 Å². The van der Waals surface area contributed by atoms with Gasteiger partial charge in [-0.05, 0) is 30.0 Å². The number of benzene rings is 2. The van der Waals surface area contributed by atoms with E-state index in [0.29, 0.717) is 17.7 Å². The molecule has 0 aliphatic rings. The van der Waals surface area contributed by atoms with Gasteiger partial charge in [-0.1, -0.05) is 49.3 Å². The van der Waals surface area contributed by atoms with Crippen molar-refractivity contribution in [1.29, 1.82) is 0 Å². The molecule has 0 saturated carbocycles. The molecule has 2 atom stereocenters. The van der Waals surface area contributed by atoms with Crippen LogP contribution in [0.5, 0.6) is 0 Å². The van der Waals surface area contributed by atoms with Crippen LogP contribution in [0.1, 0.15) is 31.9 Å². The third-order valence-corrected chi connectivity index (χ3v) is 4.93. The van der Waals surface area contributed by atoms with Crippen molar-refractivity contribution in [2.75, 3.05) is 7.11 Å². The number of aromatic nitrogens is 1. The molecular formula is C23H25FN2O3. The molecule has 6 heteroatoms. The summed E-state index contributed by atoms with van der Waals surface area (Å²) in [6.45, 7) is 7.79. The molecule has 3 rings (SSSR count). The van der Waals surface area contributed by atoms with E-state index in [1.807, 2.05) is 38.1 Å². The summed E-state index contributed by atoms with van der Waals surface area (Å²) in [7, 11) is 1.39. The average Bonchev–Trinajstić information content (AvgIpc) is 3.13. The Labute approximate surface area is 169 Å². The van der Waals surface area contributed by atoms with Crippen LogP contribution in [0.3, 0.4) is 0 Å². The predicted molar refractivity (Wildman–Crippen MR) is 111 cm³/mol. The summed E-state index contributed by atoms with van der Waals surface area (Å²) in [6.07, 6.45) is 2.40. The Morgan fingerprint density at radius 3 is 2.76 bits per heavy atom. The van der Waals surface area contributed by atoms with Crippen LogP contribution in [0, 0.1) is 11.7 Å². The molecule has 0 unspecified atom stereocenters. The Balaban J connectivity index is 2.06. The highest BCUT2D eigenvalue weighted by atomic mass is 19.1. The number of nitrogens with one attached hydrogen (secondary N) is 1. The maximum Gasteiger partial charge on any atom is 0.323 e. The minimum atomic E-state index is -0.471. The molecular weight excluding hydrogens is 371 g/mol. The fourth-order valence-corrected chi connectivity index (χ4v) is 3.45. The van der Waals surface area contributed by atoms with E-state index in [2.05, 4.69) is 17.1 Å². The van der Waals surface area contributed by atoms with Crippen LogP contribution in [0.4, 0.5) is 4.39 Å². The molecule has 3 aromatic rings. The van der Waals surface area contributed by atoms with Gasteiger partial charge in [0.2, 0.25) is 0 Å². The minimum Gasteiger partial charge on any atom is -0.468 e. The van der Waals surface area contributed by atoms with Gasteiger partial charge in [-0.25, -0.2) is 4.39 Å². The highest BCUT2D eigenvalue weighted by Crippen LogP contribution is 2.34. The van der Waals surface area contributed by atoms with E-state index in [0.717, 1.165) is 16.5 Å². The topological polar surface area (TPSA) is 64.4 Å². The fraction of sp³-hybridized carbons (Fsp3) is 0.304. The SMILES string of the molecule is C=CC[C@H](N[C@H](C(=O)OC)C(C)C)c1ccccc1-c1noc2cc(F)ccc12. The van der Waals surface area contributed by atoms with Gasteiger partial charge < -0.3 is 9.26 Å². The van der Waals surface area contributed by atoms with Crippen molar-refractivity contribution in [2.24, 2.45) is 5.92 Å². The molecule has 0 fully saturated rings. The monoisotopic (exact) mass is 396 g/mol. The normalized spacial score (nSPS) is 13.4. The third kappa shape index (κ3) is 4.38. The Bertz CT molecular complexity index is 1010. The first-order valence-electron chi connectivity index (χ1n) is 9.55. The molecule has 0 aliphatic carbocycles. The van der Waals surface area contributed by atoms with Gasteiger partial charge in [-0.2, -0.15) is 0 Å². The van der Waals surface area contributed by atoms with E-state index in [-0.39, 0.29) is 23.7 Å². The largest absolute Gasteiger partial charge is 0.468 e. The second-order valence-electron chi connectivity index (χ2n) is 7.25. The lowest BCUT2D eigenvalue weighted by Crippen LogP contribution is -2.43. The lowest BCUT2D eigenvalue weighted by Gasteiger charge is -2.27. The van der Waals surface area contributed by atoms with Crippen LogP contribution < -0.4 is 5.32 Å². The number of fused-ring (bicyclic) bond motifs is 1. The zero-order valence-corrected chi connectivity index (χ0v) is 16.8. The lowest BCUT2D eigenvalue weighted by molar-refractivity contribution is -0.144. The third-order valence-electron chi connectivity index (χ3n) is 4.93. The molecule has 0 amide bonds. The maximum absolute atomic E-state index is 13.5. The van der Waals surface area contributed by atoms with Crippen LogP contribution in [-0.4, -0.2) is 24.3 Å². The number of ether oxygens (including phenoxy) is 1. The van der Waals surface area contributed by atoms with E-state index in [9.17, 15) is 9.18 Å². The molecule has 1 aromatic heterocycles. The summed E-state index contributed by atoms with van der Waals surface area (Å²) in [4.78, 5) is 12.3. The molecule has 0 bridgehead atoms. The maximum atomic E-state index is 13.5. The number of nitrogens with zero attached hydrogens (tertiary/aromatic N) is 1. The van der Waals surface area contributed by atoms with Crippen molar-refractivity contribution in [1.82, 2.24) is 10.5 Å². The van der Waals surface area contributed by atoms with Crippen LogP contribution in [0.25, 0.3) is 22.2 Å². The number of carbonyl (C=O) groups is 1. The Hall–Kier alpha value is -2.99. The van der Waals surface area contributed by atoms with Crippen molar-refractivity contribution in [3.8, 4) is 11.3 Å². The van der Waals surface area contributed by atoms with E-state index in [4.69, 9.17) is 9.26 Å². The standard InChI is InChI=1S/C23H25FN2O3/c1-5-8-19(25-21(14(2)3)23(27)28-4)16-9-6-7-10-17(16)22-18-12-11-15(24)13-20(18)29-26-22/h5-7,9-14,19,21,25H,1,8H2,2-4H3/t19-,21-/m0/s1. The first-order valence-corrected chi connectivity index (χ1v) is 9.55. The summed E-state index contributed by atoms with van der Waals surface area (Å²) < 4.78 is 23.9. The summed E-state index contributed by atoms with van der Waals surface area (Å²) in [5.41, 5.74) is 2.81. The number of halogens is 1. The predicted octanol–water partition coefficient (Wildman–Crippen LogP) is 5.04. The van der Waals surface area contributed by atoms with Crippen molar-refractivity contribution < 1.29 is 18.4 Å². The number of esters is 1. The molecule has 0 radical (unpaired) electrons. The Morgan fingerprint density at radius 2 is 2.07 bits per heavy atom. The zero-order chi connectivity index (χ0) is 21.0. The summed E-state index contributed by atoms with van der Waals surface area (Å²) in [6, 6.07) is 11.5. The van der Waals surface area contributed by atoms with Gasteiger partial charge in [0, 0.05) is 23.1 Å². The van der Waals surface area contributed by atoms with E-state index in [1.165, 1.54) is 19.2 Å². The van der Waals surface area contributed by atoms with Gasteiger partial charge in [-0.3, -0.25) is 10.1 Å². The van der Waals surface area contributed by atoms with Crippen LogP contribution in [-0.2, 0) is 9.53 Å². The van der Waals surface area contributed by atoms with Crippen LogP contribution in [0.15, 0.2) is 59.6 Å². The van der Waals surface area contributed by atoms with Crippen molar-refractivity contribution >= 4 is 16.9 Å². The number of methoxy groups -OCH3 is 1. The molecule has 0 saturated heterocycles. The smallest absolute Gasteiger partial charge is 0.323 e. The summed E-state index contributed by atoms with van der Waals surface area (Å²) in [5.74, 6) is -0.649. The second-order valence-corrected chi connectivity index (χ2v) is 7.25. The first-order chi connectivity index (χ1) is 14.0. The van der Waals surface area contributed by atoms with Crippen LogP contribution >= 0.6 is 0 Å². The Kier molecular flexibility index (Phi) is 6.44. The molecule has 0 spiro atoms. The lowest BCUT2D eigenvalue weighted by atomic mass is 9.93. The van der Waals surface area contributed by atoms with E-state index >= 15 is 0 Å². The van der Waals surface area contributed by atoms with Gasteiger partial charge in [0.15, 0.2) is 5.58 Å². The molecule has 1 N–H and O–H groups in total. The molecule has 29 heavy (non-hydrogen) atoms. The zero-order valence-electron chi connectivity index (χ0n) is 16.8. The minimum absolute atomic E-state index is 0.0396. The average molecular weight is 396 g/mol. The van der Waals surface area contributed by atoms with Gasteiger partial charge >= 0.3 is 5.97 Å². The molecule has 2 aromatic carbocycles. The second kappa shape index (κ2) is 9.01. The number of carbonyl (C=O) groups excluding carboxylic acids is 1. The number of hydrogen-bond acceptors (Lipinski definition) is 5. The van der Waals surface area contributed by atoms with Crippen molar-refractivity contribution in [3.05, 3.63) is 66.5 Å².